The first-order valence-electron chi connectivity index (χ1n) is 6.93. The summed E-state index contributed by atoms with van der Waals surface area (Å²) in [5, 5.41) is 7.70. The maximum absolute atomic E-state index is 7.70. The SMILES string of the molecule is Cc1cc(N(C)c2ccccc2C(=N)N)nc(C(C)C)n1. The maximum atomic E-state index is 7.70. The highest BCUT2D eigenvalue weighted by Gasteiger charge is 2.14. The molecule has 1 heterocycles. The van der Waals surface area contributed by atoms with E-state index in [-0.39, 0.29) is 11.8 Å². The van der Waals surface area contributed by atoms with Crippen molar-refractivity contribution in [1.29, 1.82) is 5.41 Å². The Kier molecular flexibility index (Phi) is 4.21. The summed E-state index contributed by atoms with van der Waals surface area (Å²) >= 11 is 0. The summed E-state index contributed by atoms with van der Waals surface area (Å²) < 4.78 is 0. The third-order valence-electron chi connectivity index (χ3n) is 3.27. The monoisotopic (exact) mass is 283 g/mol. The van der Waals surface area contributed by atoms with Crippen LogP contribution in [-0.2, 0) is 0 Å². The first-order valence-corrected chi connectivity index (χ1v) is 6.93. The number of hydrogen-bond donors (Lipinski definition) is 2. The molecule has 0 aliphatic carbocycles. The maximum Gasteiger partial charge on any atom is 0.136 e. The van der Waals surface area contributed by atoms with Crippen LogP contribution in [0.25, 0.3) is 0 Å². The number of amidine groups is 1. The summed E-state index contributed by atoms with van der Waals surface area (Å²) in [6.07, 6.45) is 0. The minimum Gasteiger partial charge on any atom is -0.384 e. The average molecular weight is 283 g/mol. The van der Waals surface area contributed by atoms with Crippen molar-refractivity contribution in [3.63, 3.8) is 0 Å². The van der Waals surface area contributed by atoms with Crippen LogP contribution in [0.2, 0.25) is 0 Å². The van der Waals surface area contributed by atoms with E-state index in [0.717, 1.165) is 23.0 Å². The first kappa shape index (κ1) is 15.0. The molecule has 0 radical (unpaired) electrons. The molecule has 5 nitrogen and oxygen atoms in total. The van der Waals surface area contributed by atoms with E-state index < -0.39 is 0 Å². The average Bonchev–Trinajstić information content (AvgIpc) is 2.45. The molecule has 2 rings (SSSR count). The second-order valence-corrected chi connectivity index (χ2v) is 5.37. The topological polar surface area (TPSA) is 78.9 Å². The quantitative estimate of drug-likeness (QED) is 0.668. The number of aromatic nitrogens is 2. The summed E-state index contributed by atoms with van der Waals surface area (Å²) in [6, 6.07) is 9.51. The van der Waals surface area contributed by atoms with Gasteiger partial charge in [0, 0.05) is 30.3 Å². The van der Waals surface area contributed by atoms with Crippen LogP contribution in [0.4, 0.5) is 11.5 Å². The number of hydrogen-bond acceptors (Lipinski definition) is 4. The van der Waals surface area contributed by atoms with Gasteiger partial charge in [-0.25, -0.2) is 9.97 Å². The molecule has 3 N–H and O–H groups in total. The van der Waals surface area contributed by atoms with Crippen LogP contribution in [0.3, 0.4) is 0 Å². The van der Waals surface area contributed by atoms with Gasteiger partial charge in [0.2, 0.25) is 0 Å². The second kappa shape index (κ2) is 5.91. The van der Waals surface area contributed by atoms with Crippen molar-refractivity contribution >= 4 is 17.3 Å². The van der Waals surface area contributed by atoms with Crippen molar-refractivity contribution in [3.05, 3.63) is 47.4 Å². The van der Waals surface area contributed by atoms with Gasteiger partial charge in [0.05, 0.1) is 5.69 Å². The standard InChI is InChI=1S/C16H21N5/c1-10(2)16-19-11(3)9-14(20-16)21(4)13-8-6-5-7-12(13)15(17)18/h5-10H,1-4H3,(H3,17,18). The zero-order chi connectivity index (χ0) is 15.6. The van der Waals surface area contributed by atoms with Gasteiger partial charge in [0.1, 0.15) is 17.5 Å². The van der Waals surface area contributed by atoms with E-state index in [9.17, 15) is 0 Å². The zero-order valence-electron chi connectivity index (χ0n) is 12.9. The largest absolute Gasteiger partial charge is 0.384 e. The Morgan fingerprint density at radius 2 is 1.90 bits per heavy atom. The van der Waals surface area contributed by atoms with Crippen LogP contribution < -0.4 is 10.6 Å². The van der Waals surface area contributed by atoms with Crippen molar-refractivity contribution in [2.24, 2.45) is 5.73 Å². The summed E-state index contributed by atoms with van der Waals surface area (Å²) in [4.78, 5) is 11.0. The van der Waals surface area contributed by atoms with E-state index >= 15 is 0 Å². The number of nitrogen functional groups attached to an aromatic ring is 1. The number of nitrogens with zero attached hydrogens (tertiary/aromatic N) is 3. The molecule has 0 saturated carbocycles. The lowest BCUT2D eigenvalue weighted by atomic mass is 10.1. The van der Waals surface area contributed by atoms with Gasteiger partial charge in [-0.15, -0.1) is 0 Å². The highest BCUT2D eigenvalue weighted by atomic mass is 15.2. The molecule has 5 heteroatoms. The molecule has 0 unspecified atom stereocenters. The van der Waals surface area contributed by atoms with Crippen molar-refractivity contribution in [2.75, 3.05) is 11.9 Å². The van der Waals surface area contributed by atoms with Gasteiger partial charge in [-0.2, -0.15) is 0 Å². The lowest BCUT2D eigenvalue weighted by Gasteiger charge is -2.22. The number of nitrogens with one attached hydrogen (secondary N) is 1. The van der Waals surface area contributed by atoms with Gasteiger partial charge < -0.3 is 10.6 Å². The van der Waals surface area contributed by atoms with Crippen LogP contribution in [0.15, 0.2) is 30.3 Å². The second-order valence-electron chi connectivity index (χ2n) is 5.37. The predicted molar refractivity (Wildman–Crippen MR) is 86.4 cm³/mol. The third kappa shape index (κ3) is 3.18. The molecule has 0 fully saturated rings. The molecule has 0 aliphatic rings. The zero-order valence-corrected chi connectivity index (χ0v) is 12.9. The molecule has 21 heavy (non-hydrogen) atoms. The molecule has 1 aromatic heterocycles. The summed E-state index contributed by atoms with van der Waals surface area (Å²) in [7, 11) is 1.92. The highest BCUT2D eigenvalue weighted by molar-refractivity contribution is 6.01. The van der Waals surface area contributed by atoms with Crippen molar-refractivity contribution in [3.8, 4) is 0 Å². The van der Waals surface area contributed by atoms with E-state index in [4.69, 9.17) is 11.1 Å². The molecule has 2 aromatic rings. The lowest BCUT2D eigenvalue weighted by molar-refractivity contribution is 0.764. The number of aryl methyl sites for hydroxylation is 1. The Balaban J connectivity index is 2.50. The van der Waals surface area contributed by atoms with E-state index in [1.165, 1.54) is 0 Å². The molecule has 0 aliphatic heterocycles. The molecule has 1 aromatic carbocycles. The van der Waals surface area contributed by atoms with E-state index in [2.05, 4.69) is 23.8 Å². The van der Waals surface area contributed by atoms with Gasteiger partial charge in [-0.05, 0) is 19.1 Å². The van der Waals surface area contributed by atoms with Gasteiger partial charge >= 0.3 is 0 Å². The molecule has 110 valence electrons. The van der Waals surface area contributed by atoms with E-state index in [1.54, 1.807) is 0 Å². The van der Waals surface area contributed by atoms with Gasteiger partial charge in [-0.1, -0.05) is 26.0 Å². The number of nitrogens with two attached hydrogens (primary N) is 1. The number of anilines is 2. The van der Waals surface area contributed by atoms with Gasteiger partial charge in [-0.3, -0.25) is 5.41 Å². The smallest absolute Gasteiger partial charge is 0.136 e. The lowest BCUT2D eigenvalue weighted by Crippen LogP contribution is -2.20. The van der Waals surface area contributed by atoms with Crippen molar-refractivity contribution < 1.29 is 0 Å². The minimum atomic E-state index is 0.0484. The molecular formula is C16H21N5. The van der Waals surface area contributed by atoms with Crippen molar-refractivity contribution in [1.82, 2.24) is 9.97 Å². The molecule has 0 atom stereocenters. The van der Waals surface area contributed by atoms with Gasteiger partial charge in [0.25, 0.3) is 0 Å². The minimum absolute atomic E-state index is 0.0484. The van der Waals surface area contributed by atoms with E-state index in [0.29, 0.717) is 5.56 Å². The van der Waals surface area contributed by atoms with Crippen molar-refractivity contribution in [2.45, 2.75) is 26.7 Å². The van der Waals surface area contributed by atoms with E-state index in [1.807, 2.05) is 49.2 Å². The molecule has 0 bridgehead atoms. The summed E-state index contributed by atoms with van der Waals surface area (Å²) in [5.74, 6) is 1.93. The summed E-state index contributed by atoms with van der Waals surface area (Å²) in [5.41, 5.74) is 8.14. The number of benzene rings is 1. The van der Waals surface area contributed by atoms with Crippen LogP contribution in [0, 0.1) is 12.3 Å². The molecule has 0 amide bonds. The third-order valence-corrected chi connectivity index (χ3v) is 3.27. The molecular weight excluding hydrogens is 262 g/mol. The Bertz CT molecular complexity index is 663. The normalized spacial score (nSPS) is 10.7. The predicted octanol–water partition coefficient (Wildman–Crippen LogP) is 2.96. The molecule has 0 spiro atoms. The van der Waals surface area contributed by atoms with Crippen LogP contribution in [-0.4, -0.2) is 22.9 Å². The molecule has 0 saturated heterocycles. The van der Waals surface area contributed by atoms with Crippen LogP contribution >= 0.6 is 0 Å². The number of rotatable bonds is 4. The Morgan fingerprint density at radius 1 is 1.24 bits per heavy atom. The fourth-order valence-corrected chi connectivity index (χ4v) is 2.12. The fraction of sp³-hybridized carbons (Fsp3) is 0.312. The summed E-state index contributed by atoms with van der Waals surface area (Å²) in [6.45, 7) is 6.10. The number of para-hydroxylation sites is 1. The first-order chi connectivity index (χ1) is 9.90. The van der Waals surface area contributed by atoms with Crippen LogP contribution in [0.5, 0.6) is 0 Å². The fourth-order valence-electron chi connectivity index (χ4n) is 2.12. The highest BCUT2D eigenvalue weighted by Crippen LogP contribution is 2.26. The van der Waals surface area contributed by atoms with Gasteiger partial charge in [0.15, 0.2) is 0 Å². The Morgan fingerprint density at radius 3 is 2.52 bits per heavy atom. The van der Waals surface area contributed by atoms with Crippen LogP contribution in [0.1, 0.15) is 36.8 Å². The Labute approximate surface area is 125 Å². The Hall–Kier alpha value is -2.43.